The third kappa shape index (κ3) is 5.12. The number of furan rings is 1. The molecule has 10 aromatic rings. The van der Waals surface area contributed by atoms with Gasteiger partial charge in [-0.05, 0) is 92.7 Å². The zero-order valence-corrected chi connectivity index (χ0v) is 28.4. The number of hydrogen-bond acceptors (Lipinski definition) is 2. The second-order valence-electron chi connectivity index (χ2n) is 13.3. The molecule has 52 heavy (non-hydrogen) atoms. The van der Waals surface area contributed by atoms with Crippen molar-refractivity contribution in [3.05, 3.63) is 200 Å². The number of nitrogens with zero attached hydrogens (tertiary/aromatic N) is 1. The minimum atomic E-state index is 0.895. The van der Waals surface area contributed by atoms with Crippen molar-refractivity contribution in [2.75, 3.05) is 4.90 Å². The van der Waals surface area contributed by atoms with Gasteiger partial charge in [-0.2, -0.15) is 0 Å². The van der Waals surface area contributed by atoms with Gasteiger partial charge in [0.15, 0.2) is 0 Å². The molecular formula is C50H33NO. The van der Waals surface area contributed by atoms with Gasteiger partial charge in [-0.25, -0.2) is 0 Å². The van der Waals surface area contributed by atoms with Crippen molar-refractivity contribution < 1.29 is 4.42 Å². The molecule has 1 aromatic heterocycles. The third-order valence-electron chi connectivity index (χ3n) is 10.2. The number of benzene rings is 9. The van der Waals surface area contributed by atoms with Gasteiger partial charge in [0.2, 0.25) is 0 Å². The first-order valence-corrected chi connectivity index (χ1v) is 17.8. The molecule has 0 radical (unpaired) electrons. The number of anilines is 3. The molecular weight excluding hydrogens is 631 g/mol. The second-order valence-corrected chi connectivity index (χ2v) is 13.3. The van der Waals surface area contributed by atoms with Gasteiger partial charge in [0.1, 0.15) is 11.2 Å². The number of hydrogen-bond donors (Lipinski definition) is 0. The molecule has 9 aromatic carbocycles. The highest BCUT2D eigenvalue weighted by Gasteiger charge is 2.19. The SMILES string of the molecule is c1ccc(-c2cccc(-c3ccc(N(c4cccc(-c5cccc6oc7c8ccccc8ccc7c56)c4)c4cccc5ccccc45)cc3)c2)cc1. The Hall–Kier alpha value is -6.90. The van der Waals surface area contributed by atoms with E-state index in [1.165, 1.54) is 38.4 Å². The first kappa shape index (κ1) is 30.0. The van der Waals surface area contributed by atoms with E-state index < -0.39 is 0 Å². The summed E-state index contributed by atoms with van der Waals surface area (Å²) in [6.45, 7) is 0. The Balaban J connectivity index is 1.11. The predicted octanol–water partition coefficient (Wildman–Crippen LogP) is 14.4. The van der Waals surface area contributed by atoms with Crippen molar-refractivity contribution in [3.8, 4) is 33.4 Å². The van der Waals surface area contributed by atoms with Crippen LogP contribution < -0.4 is 4.90 Å². The van der Waals surface area contributed by atoms with E-state index in [1.807, 2.05) is 0 Å². The summed E-state index contributed by atoms with van der Waals surface area (Å²) in [5.41, 5.74) is 12.2. The van der Waals surface area contributed by atoms with Crippen LogP contribution in [0.2, 0.25) is 0 Å². The molecule has 0 saturated carbocycles. The van der Waals surface area contributed by atoms with E-state index >= 15 is 0 Å². The van der Waals surface area contributed by atoms with Gasteiger partial charge in [0, 0.05) is 32.9 Å². The van der Waals surface area contributed by atoms with Gasteiger partial charge in [-0.1, -0.05) is 152 Å². The highest BCUT2D eigenvalue weighted by atomic mass is 16.3. The van der Waals surface area contributed by atoms with Crippen LogP contribution in [-0.4, -0.2) is 0 Å². The first-order chi connectivity index (χ1) is 25.8. The lowest BCUT2D eigenvalue weighted by molar-refractivity contribution is 0.673. The van der Waals surface area contributed by atoms with Gasteiger partial charge in [-0.3, -0.25) is 0 Å². The average molecular weight is 664 g/mol. The summed E-state index contributed by atoms with van der Waals surface area (Å²) in [6.07, 6.45) is 0. The van der Waals surface area contributed by atoms with Crippen molar-refractivity contribution >= 4 is 60.5 Å². The van der Waals surface area contributed by atoms with Gasteiger partial charge >= 0.3 is 0 Å². The van der Waals surface area contributed by atoms with Crippen molar-refractivity contribution in [3.63, 3.8) is 0 Å². The van der Waals surface area contributed by atoms with Gasteiger partial charge in [-0.15, -0.1) is 0 Å². The van der Waals surface area contributed by atoms with Crippen molar-refractivity contribution in [1.29, 1.82) is 0 Å². The lowest BCUT2D eigenvalue weighted by atomic mass is 9.97. The second kappa shape index (κ2) is 12.5. The molecule has 0 unspecified atom stereocenters. The van der Waals surface area contributed by atoms with Crippen LogP contribution in [0.4, 0.5) is 17.1 Å². The van der Waals surface area contributed by atoms with E-state index in [4.69, 9.17) is 4.42 Å². The van der Waals surface area contributed by atoms with Crippen LogP contribution in [0, 0.1) is 0 Å². The Labute approximate surface area is 302 Å². The molecule has 244 valence electrons. The summed E-state index contributed by atoms with van der Waals surface area (Å²) < 4.78 is 6.56. The minimum Gasteiger partial charge on any atom is -0.455 e. The Morgan fingerprint density at radius 2 is 0.962 bits per heavy atom. The fourth-order valence-corrected chi connectivity index (χ4v) is 7.75. The van der Waals surface area contributed by atoms with Crippen LogP contribution in [-0.2, 0) is 0 Å². The van der Waals surface area contributed by atoms with Crippen molar-refractivity contribution in [1.82, 2.24) is 0 Å². The summed E-state index contributed by atoms with van der Waals surface area (Å²) in [6, 6.07) is 71.7. The van der Waals surface area contributed by atoms with Crippen LogP contribution >= 0.6 is 0 Å². The summed E-state index contributed by atoms with van der Waals surface area (Å²) >= 11 is 0. The Morgan fingerprint density at radius 1 is 0.346 bits per heavy atom. The highest BCUT2D eigenvalue weighted by molar-refractivity contribution is 6.19. The van der Waals surface area contributed by atoms with Crippen LogP contribution in [0.5, 0.6) is 0 Å². The molecule has 0 aliphatic rings. The van der Waals surface area contributed by atoms with Crippen molar-refractivity contribution in [2.45, 2.75) is 0 Å². The maximum atomic E-state index is 6.56. The predicted molar refractivity (Wildman–Crippen MR) is 220 cm³/mol. The van der Waals surface area contributed by atoms with E-state index in [2.05, 4.69) is 205 Å². The molecule has 0 spiro atoms. The molecule has 2 nitrogen and oxygen atoms in total. The minimum absolute atomic E-state index is 0.895. The summed E-state index contributed by atoms with van der Waals surface area (Å²) in [4.78, 5) is 2.39. The maximum Gasteiger partial charge on any atom is 0.143 e. The quantitative estimate of drug-likeness (QED) is 0.176. The summed E-state index contributed by atoms with van der Waals surface area (Å²) in [5.74, 6) is 0. The van der Waals surface area contributed by atoms with Crippen LogP contribution in [0.15, 0.2) is 205 Å². The van der Waals surface area contributed by atoms with E-state index in [-0.39, 0.29) is 0 Å². The van der Waals surface area contributed by atoms with E-state index in [0.29, 0.717) is 0 Å². The Morgan fingerprint density at radius 3 is 1.79 bits per heavy atom. The molecule has 0 aliphatic heterocycles. The number of fused-ring (bicyclic) bond motifs is 6. The average Bonchev–Trinajstić information content (AvgIpc) is 3.62. The maximum absolute atomic E-state index is 6.56. The fourth-order valence-electron chi connectivity index (χ4n) is 7.75. The summed E-state index contributed by atoms with van der Waals surface area (Å²) in [5, 5.41) is 6.99. The molecule has 0 atom stereocenters. The van der Waals surface area contributed by atoms with Crippen molar-refractivity contribution in [2.24, 2.45) is 0 Å². The summed E-state index contributed by atoms with van der Waals surface area (Å²) in [7, 11) is 0. The standard InChI is InChI=1S/C50H33NO/c1-2-12-34(13-3-1)38-17-8-18-39(32-38)35-26-29-41(30-27-35)51(47-24-10-16-36-14-4-6-21-43(36)47)42-20-9-19-40(33-42)44-23-11-25-48-49(44)46-31-28-37-15-5-7-22-45(37)50(46)52-48/h1-33H. The number of rotatable bonds is 6. The van der Waals surface area contributed by atoms with Gasteiger partial charge in [0.05, 0.1) is 5.69 Å². The Bertz CT molecular complexity index is 2900. The molecule has 0 N–H and O–H groups in total. The monoisotopic (exact) mass is 663 g/mol. The van der Waals surface area contributed by atoms with E-state index in [9.17, 15) is 0 Å². The van der Waals surface area contributed by atoms with E-state index in [0.717, 1.165) is 55.5 Å². The smallest absolute Gasteiger partial charge is 0.143 e. The first-order valence-electron chi connectivity index (χ1n) is 17.8. The highest BCUT2D eigenvalue weighted by Crippen LogP contribution is 2.43. The van der Waals surface area contributed by atoms with Crippen LogP contribution in [0.1, 0.15) is 0 Å². The lowest BCUT2D eigenvalue weighted by Crippen LogP contribution is -2.10. The molecule has 2 heteroatoms. The fraction of sp³-hybridized carbons (Fsp3) is 0. The molecule has 0 amide bonds. The molecule has 10 rings (SSSR count). The molecule has 0 fully saturated rings. The van der Waals surface area contributed by atoms with Crippen LogP contribution in [0.3, 0.4) is 0 Å². The molecule has 0 saturated heterocycles. The largest absolute Gasteiger partial charge is 0.455 e. The zero-order valence-electron chi connectivity index (χ0n) is 28.4. The lowest BCUT2D eigenvalue weighted by Gasteiger charge is -2.27. The normalized spacial score (nSPS) is 11.5. The Kier molecular flexibility index (Phi) is 7.18. The third-order valence-corrected chi connectivity index (χ3v) is 10.2. The molecule has 0 bridgehead atoms. The van der Waals surface area contributed by atoms with Gasteiger partial charge < -0.3 is 9.32 Å². The van der Waals surface area contributed by atoms with Gasteiger partial charge in [0.25, 0.3) is 0 Å². The zero-order chi connectivity index (χ0) is 34.4. The van der Waals surface area contributed by atoms with E-state index in [1.54, 1.807) is 0 Å². The topological polar surface area (TPSA) is 16.4 Å². The molecule has 1 heterocycles. The van der Waals surface area contributed by atoms with Crippen LogP contribution in [0.25, 0.3) is 76.9 Å². The molecule has 0 aliphatic carbocycles.